The Bertz CT molecular complexity index is 1060. The Morgan fingerprint density at radius 2 is 1.72 bits per heavy atom. The average Bonchev–Trinajstić information content (AvgIpc) is 2.98. The lowest BCUT2D eigenvalue weighted by atomic mass is 9.98. The number of aliphatic hydroxyl groups is 1. The molecule has 4 atom stereocenters. The molecule has 16 heteroatoms. The molecule has 0 amide bonds. The summed E-state index contributed by atoms with van der Waals surface area (Å²) in [5.74, 6) is -1.52. The van der Waals surface area contributed by atoms with Crippen LogP contribution >= 0.6 is 7.67 Å². The number of H-pyrrole nitrogens is 1. The molecule has 36 heavy (non-hydrogen) atoms. The van der Waals surface area contributed by atoms with Crippen LogP contribution in [0.2, 0.25) is 0 Å². The van der Waals surface area contributed by atoms with E-state index in [4.69, 9.17) is 18.7 Å². The summed E-state index contributed by atoms with van der Waals surface area (Å²) < 4.78 is 50.1. The molecule has 1 aliphatic rings. The van der Waals surface area contributed by atoms with Gasteiger partial charge < -0.3 is 23.8 Å². The summed E-state index contributed by atoms with van der Waals surface area (Å²) >= 11 is 0. The first-order valence-corrected chi connectivity index (χ1v) is 12.7. The molecule has 14 nitrogen and oxygen atoms in total. The first-order chi connectivity index (χ1) is 16.6. The van der Waals surface area contributed by atoms with Gasteiger partial charge in [0.1, 0.15) is 25.3 Å². The van der Waals surface area contributed by atoms with E-state index in [2.05, 4.69) is 10.2 Å². The fraction of sp³-hybridized carbons (Fsp3) is 0.700. The molecule has 0 spiro atoms. The molecule has 0 bridgehead atoms. The quantitative estimate of drug-likeness (QED) is 0.202. The van der Waals surface area contributed by atoms with Crippen LogP contribution in [0.3, 0.4) is 0 Å². The molecule has 1 aromatic rings. The summed E-state index contributed by atoms with van der Waals surface area (Å²) in [6, 6.07) is 0.978. The third-order valence-electron chi connectivity index (χ3n) is 4.84. The molecule has 2 heterocycles. The Labute approximate surface area is 206 Å². The minimum atomic E-state index is -4.17. The van der Waals surface area contributed by atoms with Crippen molar-refractivity contribution in [2.45, 2.75) is 70.9 Å². The van der Waals surface area contributed by atoms with E-state index in [1.54, 1.807) is 27.7 Å². The number of aromatic amines is 1. The topological polar surface area (TPSA) is 187 Å². The molecule has 2 unspecified atom stereocenters. The Kier molecular flexibility index (Phi) is 10.1. The van der Waals surface area contributed by atoms with Gasteiger partial charge in [-0.3, -0.25) is 28.5 Å². The van der Waals surface area contributed by atoms with E-state index < -0.39 is 86.9 Å². The number of halogens is 1. The number of hydrogen-bond acceptors (Lipinski definition) is 10. The van der Waals surface area contributed by atoms with Crippen molar-refractivity contribution in [1.82, 2.24) is 19.7 Å². The highest BCUT2D eigenvalue weighted by Crippen LogP contribution is 2.43. The summed E-state index contributed by atoms with van der Waals surface area (Å²) in [6.07, 6.45) is -4.78. The molecule has 0 aliphatic carbocycles. The summed E-state index contributed by atoms with van der Waals surface area (Å²) in [6.45, 7) is 5.65. The van der Waals surface area contributed by atoms with Crippen molar-refractivity contribution in [2.75, 3.05) is 19.7 Å². The maximum Gasteiger partial charge on any atom is 0.341 e. The van der Waals surface area contributed by atoms with Gasteiger partial charge in [-0.1, -0.05) is 0 Å². The molecule has 204 valence electrons. The monoisotopic (exact) mass is 538 g/mol. The number of hydrogen-bond donors (Lipinski definition) is 4. The van der Waals surface area contributed by atoms with Gasteiger partial charge in [0.2, 0.25) is 0 Å². The van der Waals surface area contributed by atoms with Crippen molar-refractivity contribution in [3.05, 3.63) is 33.1 Å². The number of esters is 2. The van der Waals surface area contributed by atoms with E-state index in [1.807, 2.05) is 4.98 Å². The highest BCUT2D eigenvalue weighted by Gasteiger charge is 2.55. The molecular weight excluding hydrogens is 506 g/mol. The number of aromatic nitrogens is 2. The smallest absolute Gasteiger partial charge is 0.341 e. The van der Waals surface area contributed by atoms with Crippen LogP contribution in [-0.2, 0) is 32.9 Å². The Morgan fingerprint density at radius 3 is 2.19 bits per heavy atom. The molecule has 2 rings (SSSR count). The number of carbonyl (C=O) groups is 2. The van der Waals surface area contributed by atoms with E-state index in [0.717, 1.165) is 23.8 Å². The van der Waals surface area contributed by atoms with E-state index in [1.165, 1.54) is 0 Å². The Balaban J connectivity index is 2.15. The number of carbonyl (C=O) groups excluding carboxylic acids is 2. The lowest BCUT2D eigenvalue weighted by molar-refractivity contribution is -0.146. The van der Waals surface area contributed by atoms with Gasteiger partial charge in [-0.05, 0) is 34.6 Å². The number of aliphatic hydroxyl groups excluding tert-OH is 1. The summed E-state index contributed by atoms with van der Waals surface area (Å²) in [7, 11) is -4.17. The second-order valence-corrected chi connectivity index (χ2v) is 10.7. The Hall–Kier alpha value is -2.42. The minimum Gasteiger partial charge on any atom is -0.462 e. The van der Waals surface area contributed by atoms with Crippen LogP contribution in [0.4, 0.5) is 4.39 Å². The van der Waals surface area contributed by atoms with Gasteiger partial charge in [-0.2, -0.15) is 0 Å². The lowest BCUT2D eigenvalue weighted by Gasteiger charge is -2.25. The van der Waals surface area contributed by atoms with Gasteiger partial charge in [0.05, 0.1) is 18.8 Å². The normalized spacial score (nSPS) is 24.3. The van der Waals surface area contributed by atoms with Gasteiger partial charge >= 0.3 is 25.3 Å². The molecule has 1 fully saturated rings. The van der Waals surface area contributed by atoms with E-state index in [-0.39, 0.29) is 0 Å². The van der Waals surface area contributed by atoms with Crippen molar-refractivity contribution < 1.29 is 42.4 Å². The van der Waals surface area contributed by atoms with E-state index in [9.17, 15) is 28.8 Å². The third-order valence-corrected chi connectivity index (χ3v) is 6.50. The van der Waals surface area contributed by atoms with Gasteiger partial charge in [0.25, 0.3) is 5.56 Å². The van der Waals surface area contributed by atoms with Crippen LogP contribution in [0.1, 0.15) is 40.8 Å². The van der Waals surface area contributed by atoms with Crippen LogP contribution < -0.4 is 21.4 Å². The Morgan fingerprint density at radius 1 is 1.19 bits per heavy atom. The number of nitrogens with one attached hydrogen (secondary N) is 3. The zero-order chi connectivity index (χ0) is 27.3. The number of rotatable bonds is 12. The van der Waals surface area contributed by atoms with Gasteiger partial charge in [-0.25, -0.2) is 19.4 Å². The van der Waals surface area contributed by atoms with Gasteiger partial charge in [-0.15, -0.1) is 0 Å². The minimum absolute atomic E-state index is 0.439. The number of ether oxygens (including phenoxy) is 3. The molecule has 0 saturated carbocycles. The van der Waals surface area contributed by atoms with Gasteiger partial charge in [0.15, 0.2) is 11.9 Å². The molecule has 4 N–H and O–H groups in total. The predicted octanol–water partition coefficient (Wildman–Crippen LogP) is -0.270. The highest BCUT2D eigenvalue weighted by atomic mass is 31.2. The van der Waals surface area contributed by atoms with Crippen molar-refractivity contribution in [3.8, 4) is 0 Å². The fourth-order valence-electron chi connectivity index (χ4n) is 3.23. The summed E-state index contributed by atoms with van der Waals surface area (Å²) in [5, 5.41) is 15.2. The maximum absolute atomic E-state index is 15.4. The largest absolute Gasteiger partial charge is 0.462 e. The predicted molar refractivity (Wildman–Crippen MR) is 123 cm³/mol. The van der Waals surface area contributed by atoms with E-state index >= 15 is 4.39 Å². The van der Waals surface area contributed by atoms with Crippen molar-refractivity contribution in [1.29, 1.82) is 0 Å². The molecule has 0 aromatic carbocycles. The summed E-state index contributed by atoms with van der Waals surface area (Å²) in [5.41, 5.74) is -4.19. The first-order valence-electron chi connectivity index (χ1n) is 11.1. The van der Waals surface area contributed by atoms with Crippen molar-refractivity contribution in [3.63, 3.8) is 0 Å². The van der Waals surface area contributed by atoms with Crippen LogP contribution in [0.15, 0.2) is 21.9 Å². The number of nitrogens with zero attached hydrogens (tertiary/aromatic N) is 1. The van der Waals surface area contributed by atoms with Crippen LogP contribution in [0.5, 0.6) is 0 Å². The summed E-state index contributed by atoms with van der Waals surface area (Å²) in [4.78, 5) is 49.1. The molecular formula is C20H32FN4O10P. The molecule has 0 radical (unpaired) electrons. The highest BCUT2D eigenvalue weighted by molar-refractivity contribution is 7.54. The SMILES string of the molecule is CC(C)OC(=O)CNP(=O)(NCC(=O)OC(C)C)OC[C@H]1O[C@@H](n2ccc(=O)[nH]c2=O)C(C)(F)C1O. The molecule has 1 saturated heterocycles. The maximum atomic E-state index is 15.4. The zero-order valence-corrected chi connectivity index (χ0v) is 21.5. The third kappa shape index (κ3) is 8.05. The average molecular weight is 538 g/mol. The molecule has 1 aromatic heterocycles. The van der Waals surface area contributed by atoms with Crippen molar-refractivity contribution >= 4 is 19.6 Å². The number of alkyl halides is 1. The van der Waals surface area contributed by atoms with Crippen LogP contribution in [0, 0.1) is 0 Å². The first kappa shape index (κ1) is 29.8. The standard InChI is InChI=1S/C20H32FN4O10P/c1-11(2)33-15(27)8-22-36(31,23-9-16(28)34-12(3)4)32-10-13-17(29)20(5,21)18(35-13)25-7-6-14(26)24-19(25)30/h6-7,11-13,17-18,29H,8-10H2,1-5H3,(H2,22,23,31)(H,24,26,30)/t13-,17?,18-,20?/m1/s1. The van der Waals surface area contributed by atoms with E-state index in [0.29, 0.717) is 0 Å². The molecule has 1 aliphatic heterocycles. The van der Waals surface area contributed by atoms with Gasteiger partial charge in [0, 0.05) is 12.3 Å². The van der Waals surface area contributed by atoms with Crippen LogP contribution in [-0.4, -0.2) is 76.4 Å². The van der Waals surface area contributed by atoms with Crippen molar-refractivity contribution in [2.24, 2.45) is 0 Å². The second kappa shape index (κ2) is 12.2. The zero-order valence-electron chi connectivity index (χ0n) is 20.6. The van der Waals surface area contributed by atoms with Crippen LogP contribution in [0.25, 0.3) is 0 Å². The lowest BCUT2D eigenvalue weighted by Crippen LogP contribution is -2.44. The second-order valence-electron chi connectivity index (χ2n) is 8.73. The fourth-order valence-corrected chi connectivity index (χ4v) is 4.56.